The molecule has 0 unspecified atom stereocenters. The molecule has 1 amide bonds. The number of hydrogen-bond acceptors (Lipinski definition) is 5. The zero-order valence-electron chi connectivity index (χ0n) is 16.1. The van der Waals surface area contributed by atoms with E-state index in [2.05, 4.69) is 10.3 Å². The summed E-state index contributed by atoms with van der Waals surface area (Å²) in [6.07, 6.45) is 3.79. The minimum Gasteiger partial charge on any atom is -0.487 e. The van der Waals surface area contributed by atoms with Crippen molar-refractivity contribution in [2.75, 3.05) is 5.32 Å². The third-order valence-electron chi connectivity index (χ3n) is 4.56. The second-order valence-corrected chi connectivity index (χ2v) is 6.73. The summed E-state index contributed by atoms with van der Waals surface area (Å²) in [5, 5.41) is 13.8. The third kappa shape index (κ3) is 4.12. The Morgan fingerprint density at radius 2 is 2.03 bits per heavy atom. The molecule has 30 heavy (non-hydrogen) atoms. The third-order valence-corrected chi connectivity index (χ3v) is 4.56. The molecule has 2 aromatic heterocycles. The maximum absolute atomic E-state index is 12.6. The first-order valence-corrected chi connectivity index (χ1v) is 9.21. The van der Waals surface area contributed by atoms with E-state index < -0.39 is 4.92 Å². The molecule has 0 atom stereocenters. The average molecular weight is 402 g/mol. The van der Waals surface area contributed by atoms with E-state index in [1.807, 2.05) is 35.0 Å². The van der Waals surface area contributed by atoms with E-state index in [-0.39, 0.29) is 18.2 Å². The van der Waals surface area contributed by atoms with Gasteiger partial charge in [0.25, 0.3) is 11.6 Å². The number of carbonyl (C=O) groups is 1. The van der Waals surface area contributed by atoms with Crippen molar-refractivity contribution in [3.63, 3.8) is 0 Å². The van der Waals surface area contributed by atoms with Crippen molar-refractivity contribution in [3.8, 4) is 5.75 Å². The predicted octanol–water partition coefficient (Wildman–Crippen LogP) is 4.38. The highest BCUT2D eigenvalue weighted by molar-refractivity contribution is 6.04. The molecule has 0 bridgehead atoms. The van der Waals surface area contributed by atoms with Gasteiger partial charge in [-0.25, -0.2) is 4.98 Å². The molecule has 0 aliphatic heterocycles. The topological polar surface area (TPSA) is 98.8 Å². The van der Waals surface area contributed by atoms with Crippen molar-refractivity contribution in [2.24, 2.45) is 0 Å². The number of aryl methyl sites for hydroxylation is 1. The van der Waals surface area contributed by atoms with Gasteiger partial charge in [-0.3, -0.25) is 14.9 Å². The fourth-order valence-corrected chi connectivity index (χ4v) is 3.03. The lowest BCUT2D eigenvalue weighted by Gasteiger charge is -2.08. The summed E-state index contributed by atoms with van der Waals surface area (Å²) in [5.74, 6) is 0.140. The lowest BCUT2D eigenvalue weighted by molar-refractivity contribution is -0.385. The van der Waals surface area contributed by atoms with Crippen molar-refractivity contribution in [1.29, 1.82) is 0 Å². The summed E-state index contributed by atoms with van der Waals surface area (Å²) in [7, 11) is 0. The highest BCUT2D eigenvalue weighted by Gasteiger charge is 2.14. The van der Waals surface area contributed by atoms with E-state index in [9.17, 15) is 14.9 Å². The number of rotatable bonds is 6. The van der Waals surface area contributed by atoms with Crippen LogP contribution in [0.3, 0.4) is 0 Å². The van der Waals surface area contributed by atoms with Crippen molar-refractivity contribution in [3.05, 3.63) is 100.0 Å². The van der Waals surface area contributed by atoms with Gasteiger partial charge in [0.15, 0.2) is 0 Å². The van der Waals surface area contributed by atoms with Crippen LogP contribution in [-0.2, 0) is 6.61 Å². The standard InChI is InChI=1S/C22H18N4O4/c1-15-8-9-17(12-20(15)26(28)29)24-22(27)16-5-4-6-19(11-16)30-14-18-13-25-10-3-2-7-21(25)23-18/h2-13H,14H2,1H3,(H,24,27). The van der Waals surface area contributed by atoms with Crippen LogP contribution < -0.4 is 10.1 Å². The zero-order chi connectivity index (χ0) is 21.1. The highest BCUT2D eigenvalue weighted by Crippen LogP contribution is 2.23. The fourth-order valence-electron chi connectivity index (χ4n) is 3.03. The minimum atomic E-state index is -0.473. The first kappa shape index (κ1) is 19.1. The maximum atomic E-state index is 12.6. The number of ether oxygens (including phenoxy) is 1. The van der Waals surface area contributed by atoms with Crippen LogP contribution in [0.25, 0.3) is 5.65 Å². The number of aromatic nitrogens is 2. The summed E-state index contributed by atoms with van der Waals surface area (Å²) in [4.78, 5) is 27.7. The summed E-state index contributed by atoms with van der Waals surface area (Å²) in [5.41, 5.74) is 2.82. The Bertz CT molecular complexity index is 1220. The summed E-state index contributed by atoms with van der Waals surface area (Å²) >= 11 is 0. The largest absolute Gasteiger partial charge is 0.487 e. The van der Waals surface area contributed by atoms with Crippen LogP contribution in [0.4, 0.5) is 11.4 Å². The van der Waals surface area contributed by atoms with Crippen molar-refractivity contribution >= 4 is 22.9 Å². The van der Waals surface area contributed by atoms with Crippen LogP contribution in [0.2, 0.25) is 0 Å². The Labute approximate surface area is 171 Å². The van der Waals surface area contributed by atoms with Crippen LogP contribution in [0.1, 0.15) is 21.6 Å². The molecular weight excluding hydrogens is 384 g/mol. The van der Waals surface area contributed by atoms with Gasteiger partial charge in [0, 0.05) is 35.3 Å². The molecule has 150 valence electrons. The second kappa shape index (κ2) is 8.04. The van der Waals surface area contributed by atoms with Gasteiger partial charge < -0.3 is 14.5 Å². The maximum Gasteiger partial charge on any atom is 0.274 e. The van der Waals surface area contributed by atoms with E-state index in [0.29, 0.717) is 22.6 Å². The molecule has 0 aliphatic carbocycles. The number of benzene rings is 2. The van der Waals surface area contributed by atoms with Gasteiger partial charge in [-0.2, -0.15) is 0 Å². The summed E-state index contributed by atoms with van der Waals surface area (Å²) in [6, 6.07) is 17.0. The molecule has 0 spiro atoms. The van der Waals surface area contributed by atoms with E-state index in [1.54, 1.807) is 43.3 Å². The van der Waals surface area contributed by atoms with Crippen LogP contribution in [0.5, 0.6) is 5.75 Å². The zero-order valence-corrected chi connectivity index (χ0v) is 16.1. The molecule has 0 saturated heterocycles. The van der Waals surface area contributed by atoms with E-state index in [4.69, 9.17) is 4.74 Å². The van der Waals surface area contributed by atoms with Crippen LogP contribution in [0.15, 0.2) is 73.1 Å². The van der Waals surface area contributed by atoms with Gasteiger partial charge in [0.1, 0.15) is 18.0 Å². The van der Waals surface area contributed by atoms with Crippen LogP contribution in [0, 0.1) is 17.0 Å². The Morgan fingerprint density at radius 1 is 1.17 bits per heavy atom. The number of carbonyl (C=O) groups excluding carboxylic acids is 1. The number of nitrogens with one attached hydrogen (secondary N) is 1. The molecule has 2 aromatic carbocycles. The van der Waals surface area contributed by atoms with E-state index >= 15 is 0 Å². The second-order valence-electron chi connectivity index (χ2n) is 6.73. The summed E-state index contributed by atoms with van der Waals surface area (Å²) in [6.45, 7) is 1.91. The molecule has 2 heterocycles. The van der Waals surface area contributed by atoms with Crippen molar-refractivity contribution in [1.82, 2.24) is 9.38 Å². The number of nitro groups is 1. The van der Waals surface area contributed by atoms with Crippen molar-refractivity contribution < 1.29 is 14.5 Å². The number of pyridine rings is 1. The van der Waals surface area contributed by atoms with Gasteiger partial charge in [-0.15, -0.1) is 0 Å². The number of hydrogen-bond donors (Lipinski definition) is 1. The highest BCUT2D eigenvalue weighted by atomic mass is 16.6. The molecule has 1 N–H and O–H groups in total. The first-order valence-electron chi connectivity index (χ1n) is 9.21. The average Bonchev–Trinajstić information content (AvgIpc) is 3.16. The number of imidazole rings is 1. The monoisotopic (exact) mass is 402 g/mol. The quantitative estimate of drug-likeness (QED) is 0.381. The lowest BCUT2D eigenvalue weighted by atomic mass is 10.1. The number of nitro benzene ring substituents is 1. The molecule has 0 radical (unpaired) electrons. The predicted molar refractivity (Wildman–Crippen MR) is 112 cm³/mol. The van der Waals surface area contributed by atoms with Gasteiger partial charge in [-0.1, -0.05) is 18.2 Å². The van der Waals surface area contributed by atoms with Crippen molar-refractivity contribution in [2.45, 2.75) is 13.5 Å². The SMILES string of the molecule is Cc1ccc(NC(=O)c2cccc(OCc3cn4ccccc4n3)c2)cc1[N+](=O)[O-]. The molecule has 4 rings (SSSR count). The van der Waals surface area contributed by atoms with Crippen LogP contribution in [-0.4, -0.2) is 20.2 Å². The van der Waals surface area contributed by atoms with Gasteiger partial charge in [-0.05, 0) is 43.3 Å². The number of amides is 1. The van der Waals surface area contributed by atoms with Gasteiger partial charge >= 0.3 is 0 Å². The van der Waals surface area contributed by atoms with Crippen LogP contribution >= 0.6 is 0 Å². The Morgan fingerprint density at radius 3 is 2.83 bits per heavy atom. The Hall–Kier alpha value is -4.20. The molecule has 0 saturated carbocycles. The molecular formula is C22H18N4O4. The number of anilines is 1. The number of fused-ring (bicyclic) bond motifs is 1. The van der Waals surface area contributed by atoms with E-state index in [1.165, 1.54) is 6.07 Å². The smallest absolute Gasteiger partial charge is 0.274 e. The molecule has 0 aliphatic rings. The molecule has 4 aromatic rings. The minimum absolute atomic E-state index is 0.0441. The van der Waals surface area contributed by atoms with Gasteiger partial charge in [0.2, 0.25) is 0 Å². The molecule has 8 nitrogen and oxygen atoms in total. The first-order chi connectivity index (χ1) is 14.5. The van der Waals surface area contributed by atoms with E-state index in [0.717, 1.165) is 11.3 Å². The summed E-state index contributed by atoms with van der Waals surface area (Å²) < 4.78 is 7.69. The Balaban J connectivity index is 1.45. The number of nitrogens with zero attached hydrogens (tertiary/aromatic N) is 3. The normalized spacial score (nSPS) is 10.7. The van der Waals surface area contributed by atoms with Gasteiger partial charge in [0.05, 0.1) is 10.6 Å². The fraction of sp³-hybridized carbons (Fsp3) is 0.0909. The molecule has 0 fully saturated rings. The lowest BCUT2D eigenvalue weighted by Crippen LogP contribution is -2.12. The molecule has 8 heteroatoms. The Kier molecular flexibility index (Phi) is 5.13.